The van der Waals surface area contributed by atoms with Gasteiger partial charge >= 0.3 is 24.3 Å². The molecule has 0 amide bonds. The van der Waals surface area contributed by atoms with Crippen LogP contribution in [0.15, 0.2) is 106 Å². The lowest BCUT2D eigenvalue weighted by atomic mass is 9.96. The third-order valence-corrected chi connectivity index (χ3v) is 9.71. The minimum absolute atomic E-state index is 0.0914. The van der Waals surface area contributed by atoms with Crippen molar-refractivity contribution in [2.24, 2.45) is 0 Å². The Morgan fingerprint density at radius 3 is 1.33 bits per heavy atom. The maximum atomic E-state index is 12.8. The number of aromatic nitrogens is 2. The van der Waals surface area contributed by atoms with Gasteiger partial charge in [-0.05, 0) is 119 Å². The third-order valence-electron chi connectivity index (χ3n) is 9.71. The Bertz CT molecular complexity index is 2680. The molecule has 0 radical (unpaired) electrons. The number of halogens is 6. The molecule has 2 heterocycles. The number of esters is 1. The van der Waals surface area contributed by atoms with Crippen LogP contribution in [0.4, 0.5) is 26.3 Å². The maximum absolute atomic E-state index is 12.8. The van der Waals surface area contributed by atoms with Crippen LogP contribution >= 0.6 is 0 Å². The van der Waals surface area contributed by atoms with Gasteiger partial charge in [0, 0.05) is 11.1 Å². The molecule has 0 bridgehead atoms. The molecule has 2 aromatic heterocycles. The lowest BCUT2D eigenvalue weighted by molar-refractivity contribution is -0.143. The first-order valence-electron chi connectivity index (χ1n) is 20.3. The number of carbonyl (C=O) groups excluding carboxylic acids is 1. The number of carbonyl (C=O) groups is 2. The lowest BCUT2D eigenvalue weighted by Gasteiger charge is -2.12. The zero-order chi connectivity index (χ0) is 48.0. The van der Waals surface area contributed by atoms with Gasteiger partial charge in [0.05, 0.1) is 42.4 Å². The predicted molar refractivity (Wildman–Crippen MR) is 231 cm³/mol. The minimum Gasteiger partial charge on any atom is -0.487 e. The predicted octanol–water partition coefficient (Wildman–Crippen LogP) is 12.1. The first kappa shape index (κ1) is 49.6. The van der Waals surface area contributed by atoms with E-state index in [-0.39, 0.29) is 49.7 Å². The number of alkyl halides is 6. The molecular formula is C50H44F6N2O8. The number of aryl methyl sites for hydroxylation is 2. The van der Waals surface area contributed by atoms with Crippen molar-refractivity contribution in [3.05, 3.63) is 142 Å². The fourth-order valence-corrected chi connectivity index (χ4v) is 6.28. The standard InChI is InChI=1S/C26H24F3NO4.C24H20F3NO4/c1-4-6-20(15-24(31)32-5-2)18-9-13-22(14-10-18)33-16-23-17(3)34-25(30-23)19-7-11-21(12-8-19)26(27,28)29;1-3-4-18(13-22(29)30)16-7-11-20(12-8-16)31-14-21-15(2)32-23(28-21)17-5-9-19(10-6-17)24(25,26)27/h7-14,20H,5,15-16H2,1-3H3;5-12,18H,13-14H2,1-2H3,(H,29,30). The number of nitrogens with zero attached hydrogens (tertiary/aromatic N) is 2. The molecule has 2 atom stereocenters. The van der Waals surface area contributed by atoms with Crippen LogP contribution in [0.3, 0.4) is 0 Å². The Labute approximate surface area is 376 Å². The van der Waals surface area contributed by atoms with E-state index in [1.165, 1.54) is 24.3 Å². The second-order valence-electron chi connectivity index (χ2n) is 14.4. The van der Waals surface area contributed by atoms with Gasteiger partial charge in [-0.25, -0.2) is 9.97 Å². The molecule has 0 fully saturated rings. The number of hydrogen-bond acceptors (Lipinski definition) is 9. The highest BCUT2D eigenvalue weighted by Gasteiger charge is 2.31. The van der Waals surface area contributed by atoms with Crippen molar-refractivity contribution in [1.82, 2.24) is 9.97 Å². The van der Waals surface area contributed by atoms with E-state index in [1.807, 2.05) is 12.1 Å². The molecule has 0 aliphatic carbocycles. The fraction of sp³-hybridized carbons (Fsp3) is 0.280. The molecule has 16 heteroatoms. The average Bonchev–Trinajstić information content (AvgIpc) is 3.85. The van der Waals surface area contributed by atoms with E-state index in [2.05, 4.69) is 33.6 Å². The maximum Gasteiger partial charge on any atom is 0.416 e. The molecule has 0 spiro atoms. The van der Waals surface area contributed by atoms with E-state index in [0.29, 0.717) is 52.1 Å². The van der Waals surface area contributed by atoms with Gasteiger partial charge in [0.15, 0.2) is 0 Å². The fourth-order valence-electron chi connectivity index (χ4n) is 6.28. The monoisotopic (exact) mass is 914 g/mol. The highest BCUT2D eigenvalue weighted by Crippen LogP contribution is 2.33. The normalized spacial score (nSPS) is 12.0. The van der Waals surface area contributed by atoms with E-state index in [4.69, 9.17) is 28.2 Å². The van der Waals surface area contributed by atoms with Gasteiger partial charge in [0.2, 0.25) is 11.8 Å². The largest absolute Gasteiger partial charge is 0.487 e. The quantitative estimate of drug-likeness (QED) is 0.0603. The van der Waals surface area contributed by atoms with Crippen LogP contribution in [0.1, 0.15) is 90.6 Å². The Morgan fingerprint density at radius 1 is 0.621 bits per heavy atom. The highest BCUT2D eigenvalue weighted by atomic mass is 19.4. The van der Waals surface area contributed by atoms with E-state index in [1.54, 1.807) is 71.0 Å². The molecule has 10 nitrogen and oxygen atoms in total. The lowest BCUT2D eigenvalue weighted by Crippen LogP contribution is -2.09. The number of carboxylic acid groups (broad SMARTS) is 1. The molecule has 0 saturated heterocycles. The summed E-state index contributed by atoms with van der Waals surface area (Å²) in [5, 5.41) is 9.04. The topological polar surface area (TPSA) is 134 Å². The summed E-state index contributed by atoms with van der Waals surface area (Å²) in [6.45, 7) is 9.08. The van der Waals surface area contributed by atoms with Crippen LogP contribution in [-0.4, -0.2) is 33.6 Å². The summed E-state index contributed by atoms with van der Waals surface area (Å²) < 4.78 is 104. The Hall–Kier alpha value is -7.46. The molecule has 1 N–H and O–H groups in total. The van der Waals surface area contributed by atoms with E-state index in [9.17, 15) is 35.9 Å². The third kappa shape index (κ3) is 14.0. The molecule has 0 aliphatic rings. The summed E-state index contributed by atoms with van der Waals surface area (Å²) in [5.41, 5.74) is 2.09. The van der Waals surface area contributed by atoms with Crippen molar-refractivity contribution < 1.29 is 64.1 Å². The number of aliphatic carboxylic acids is 1. The van der Waals surface area contributed by atoms with Crippen LogP contribution in [-0.2, 0) is 39.9 Å². The van der Waals surface area contributed by atoms with Crippen molar-refractivity contribution in [2.45, 2.75) is 84.9 Å². The van der Waals surface area contributed by atoms with Crippen molar-refractivity contribution in [2.75, 3.05) is 6.61 Å². The van der Waals surface area contributed by atoms with Crippen LogP contribution in [0.2, 0.25) is 0 Å². The van der Waals surface area contributed by atoms with Gasteiger partial charge in [-0.15, -0.1) is 11.8 Å². The van der Waals surface area contributed by atoms with Crippen molar-refractivity contribution in [1.29, 1.82) is 0 Å². The van der Waals surface area contributed by atoms with Gasteiger partial charge in [0.25, 0.3) is 0 Å². The number of carboxylic acids is 1. The van der Waals surface area contributed by atoms with Crippen LogP contribution < -0.4 is 9.47 Å². The van der Waals surface area contributed by atoms with Gasteiger partial charge in [-0.2, -0.15) is 26.3 Å². The number of ether oxygens (including phenoxy) is 3. The molecule has 0 aliphatic heterocycles. The molecule has 0 saturated carbocycles. The minimum atomic E-state index is -4.41. The summed E-state index contributed by atoms with van der Waals surface area (Å²) in [6, 6.07) is 23.4. The Kier molecular flexibility index (Phi) is 16.8. The second kappa shape index (κ2) is 22.4. The van der Waals surface area contributed by atoms with Crippen molar-refractivity contribution >= 4 is 11.9 Å². The summed E-state index contributed by atoms with van der Waals surface area (Å²) in [7, 11) is 0. The van der Waals surface area contributed by atoms with Gasteiger partial charge in [-0.3, -0.25) is 9.59 Å². The van der Waals surface area contributed by atoms with Crippen LogP contribution in [0.25, 0.3) is 22.9 Å². The van der Waals surface area contributed by atoms with Crippen molar-refractivity contribution in [3.8, 4) is 58.1 Å². The SMILES string of the molecule is CC#CC(CC(=O)O)c1ccc(OCc2nc(-c3ccc(C(F)(F)F)cc3)oc2C)cc1.CC#CC(CC(=O)OCC)c1ccc(OCc2nc(-c3ccc(C(F)(F)F)cc3)oc2C)cc1. The van der Waals surface area contributed by atoms with Crippen LogP contribution in [0.5, 0.6) is 11.5 Å². The molecule has 66 heavy (non-hydrogen) atoms. The summed E-state index contributed by atoms with van der Waals surface area (Å²) >= 11 is 0. The number of benzene rings is 4. The summed E-state index contributed by atoms with van der Waals surface area (Å²) in [6.07, 6.45) is -8.73. The average molecular weight is 915 g/mol. The molecule has 6 rings (SSSR count). The number of oxazole rings is 2. The zero-order valence-electron chi connectivity index (χ0n) is 36.4. The highest BCUT2D eigenvalue weighted by molar-refractivity contribution is 5.71. The molecule has 344 valence electrons. The molecule has 6 aromatic rings. The number of hydrogen-bond donors (Lipinski definition) is 1. The second-order valence-corrected chi connectivity index (χ2v) is 14.4. The van der Waals surface area contributed by atoms with E-state index >= 15 is 0 Å². The first-order chi connectivity index (χ1) is 31.4. The van der Waals surface area contributed by atoms with Gasteiger partial charge in [-0.1, -0.05) is 36.1 Å². The molecular weight excluding hydrogens is 871 g/mol. The summed E-state index contributed by atoms with van der Waals surface area (Å²) in [5.74, 6) is 12.2. The summed E-state index contributed by atoms with van der Waals surface area (Å²) in [4.78, 5) is 31.6. The first-order valence-corrected chi connectivity index (χ1v) is 20.3. The van der Waals surface area contributed by atoms with Gasteiger partial charge in [0.1, 0.15) is 47.6 Å². The number of rotatable bonds is 15. The van der Waals surface area contributed by atoms with Crippen molar-refractivity contribution in [3.63, 3.8) is 0 Å². The van der Waals surface area contributed by atoms with E-state index in [0.717, 1.165) is 35.4 Å². The Morgan fingerprint density at radius 2 is 1.00 bits per heavy atom. The van der Waals surface area contributed by atoms with Crippen LogP contribution in [0, 0.1) is 37.5 Å². The van der Waals surface area contributed by atoms with E-state index < -0.39 is 35.4 Å². The molecule has 2 unspecified atom stereocenters. The smallest absolute Gasteiger partial charge is 0.416 e. The zero-order valence-corrected chi connectivity index (χ0v) is 36.4. The van der Waals surface area contributed by atoms with Gasteiger partial charge < -0.3 is 28.2 Å². The Balaban J connectivity index is 0.000000248. The molecule has 4 aromatic carbocycles.